The maximum absolute atomic E-state index is 5.21. The molecule has 1 aliphatic heterocycles. The molecule has 0 radical (unpaired) electrons. The average molecular weight is 351 g/mol. The quantitative estimate of drug-likeness (QED) is 0.708. The summed E-state index contributed by atoms with van der Waals surface area (Å²) in [6.07, 6.45) is 3.98. The molecule has 0 unspecified atom stereocenters. The predicted molar refractivity (Wildman–Crippen MR) is 105 cm³/mol. The van der Waals surface area contributed by atoms with Gasteiger partial charge in [-0.1, -0.05) is 12.1 Å². The third kappa shape index (κ3) is 3.51. The number of aromatic nitrogens is 2. The van der Waals surface area contributed by atoms with E-state index in [1.54, 1.807) is 7.11 Å². The highest BCUT2D eigenvalue weighted by atomic mass is 32.2. The van der Waals surface area contributed by atoms with Crippen molar-refractivity contribution in [1.29, 1.82) is 0 Å². The van der Waals surface area contributed by atoms with E-state index in [4.69, 9.17) is 4.74 Å². The Morgan fingerprint density at radius 3 is 2.24 bits per heavy atom. The van der Waals surface area contributed by atoms with Crippen LogP contribution in [0.2, 0.25) is 0 Å². The Kier molecular flexibility index (Phi) is 4.65. The molecule has 2 aromatic carbocycles. The van der Waals surface area contributed by atoms with E-state index in [0.29, 0.717) is 0 Å². The average Bonchev–Trinajstić information content (AvgIpc) is 3.19. The molecule has 1 saturated heterocycles. The molecular weight excluding hydrogens is 330 g/mol. The molecule has 5 heteroatoms. The van der Waals surface area contributed by atoms with Crippen molar-refractivity contribution in [3.8, 4) is 22.6 Å². The van der Waals surface area contributed by atoms with E-state index in [0.717, 1.165) is 30.1 Å². The lowest BCUT2D eigenvalue weighted by atomic mass is 10.1. The fraction of sp³-hybridized carbons (Fsp3) is 0.250. The van der Waals surface area contributed by atoms with Gasteiger partial charge in [0.15, 0.2) is 0 Å². The van der Waals surface area contributed by atoms with Crippen LogP contribution in [0.5, 0.6) is 5.75 Å². The Bertz CT molecular complexity index is 821. The van der Waals surface area contributed by atoms with Crippen molar-refractivity contribution in [1.82, 2.24) is 9.78 Å². The first-order valence-electron chi connectivity index (χ1n) is 8.46. The minimum Gasteiger partial charge on any atom is -0.497 e. The van der Waals surface area contributed by atoms with E-state index >= 15 is 0 Å². The lowest BCUT2D eigenvalue weighted by molar-refractivity contribution is 0.414. The maximum Gasteiger partial charge on any atom is 0.119 e. The molecule has 1 fully saturated rings. The zero-order chi connectivity index (χ0) is 17.1. The molecule has 2 heterocycles. The zero-order valence-electron chi connectivity index (χ0n) is 14.3. The van der Waals surface area contributed by atoms with Gasteiger partial charge in [0.25, 0.3) is 0 Å². The van der Waals surface area contributed by atoms with E-state index in [2.05, 4.69) is 40.5 Å². The second-order valence-electron chi connectivity index (χ2n) is 6.02. The number of rotatable bonds is 4. The second kappa shape index (κ2) is 7.23. The molecule has 0 amide bonds. The van der Waals surface area contributed by atoms with Crippen molar-refractivity contribution >= 4 is 17.4 Å². The summed E-state index contributed by atoms with van der Waals surface area (Å²) in [5.74, 6) is 3.29. The molecule has 0 spiro atoms. The summed E-state index contributed by atoms with van der Waals surface area (Å²) in [7, 11) is 1.67. The van der Waals surface area contributed by atoms with Gasteiger partial charge in [-0.25, -0.2) is 4.68 Å². The van der Waals surface area contributed by atoms with Crippen molar-refractivity contribution < 1.29 is 4.74 Å². The predicted octanol–water partition coefficient (Wildman–Crippen LogP) is 4.10. The van der Waals surface area contributed by atoms with Crippen LogP contribution in [0.25, 0.3) is 16.8 Å². The fourth-order valence-electron chi connectivity index (χ4n) is 3.03. The lowest BCUT2D eigenvalue weighted by Crippen LogP contribution is -2.32. The Hall–Kier alpha value is -2.40. The Labute approximate surface area is 152 Å². The monoisotopic (exact) mass is 351 g/mol. The van der Waals surface area contributed by atoms with Crippen LogP contribution in [0.4, 0.5) is 5.69 Å². The van der Waals surface area contributed by atoms with Gasteiger partial charge in [0.1, 0.15) is 5.75 Å². The summed E-state index contributed by atoms with van der Waals surface area (Å²) in [6.45, 7) is 2.28. The summed E-state index contributed by atoms with van der Waals surface area (Å²) in [4.78, 5) is 2.46. The van der Waals surface area contributed by atoms with Crippen LogP contribution >= 0.6 is 11.8 Å². The summed E-state index contributed by atoms with van der Waals surface area (Å²) in [5, 5.41) is 4.49. The summed E-state index contributed by atoms with van der Waals surface area (Å²) < 4.78 is 7.10. The van der Waals surface area contributed by atoms with Gasteiger partial charge in [-0.3, -0.25) is 0 Å². The van der Waals surface area contributed by atoms with E-state index < -0.39 is 0 Å². The number of hydrogen-bond acceptors (Lipinski definition) is 4. The lowest BCUT2D eigenvalue weighted by Gasteiger charge is -2.28. The number of nitrogens with zero attached hydrogens (tertiary/aromatic N) is 3. The van der Waals surface area contributed by atoms with Crippen molar-refractivity contribution in [3.05, 3.63) is 60.9 Å². The third-order valence-corrected chi connectivity index (χ3v) is 5.44. The molecule has 4 nitrogen and oxygen atoms in total. The first kappa shape index (κ1) is 16.1. The fourth-order valence-corrected chi connectivity index (χ4v) is 3.94. The minimum atomic E-state index is 0.850. The molecule has 0 bridgehead atoms. The third-order valence-electron chi connectivity index (χ3n) is 4.50. The van der Waals surface area contributed by atoms with Crippen LogP contribution in [0.3, 0.4) is 0 Å². The van der Waals surface area contributed by atoms with E-state index in [1.807, 2.05) is 46.9 Å². The number of hydrogen-bond donors (Lipinski definition) is 0. The van der Waals surface area contributed by atoms with Crippen LogP contribution in [-0.4, -0.2) is 41.5 Å². The number of benzene rings is 2. The number of anilines is 1. The van der Waals surface area contributed by atoms with Gasteiger partial charge in [0.2, 0.25) is 0 Å². The van der Waals surface area contributed by atoms with Crippen LogP contribution in [0.1, 0.15) is 0 Å². The molecule has 128 valence electrons. The molecule has 4 rings (SSSR count). The number of methoxy groups -OCH3 is 1. The van der Waals surface area contributed by atoms with Crippen LogP contribution in [0.15, 0.2) is 60.9 Å². The number of ether oxygens (including phenoxy) is 1. The number of thioether (sulfide) groups is 1. The van der Waals surface area contributed by atoms with Gasteiger partial charge in [-0.15, -0.1) is 0 Å². The van der Waals surface area contributed by atoms with Gasteiger partial charge < -0.3 is 9.64 Å². The molecule has 25 heavy (non-hydrogen) atoms. The van der Waals surface area contributed by atoms with Crippen molar-refractivity contribution in [2.75, 3.05) is 36.6 Å². The zero-order valence-corrected chi connectivity index (χ0v) is 15.1. The van der Waals surface area contributed by atoms with Crippen molar-refractivity contribution in [3.63, 3.8) is 0 Å². The normalized spacial score (nSPS) is 14.5. The van der Waals surface area contributed by atoms with Gasteiger partial charge >= 0.3 is 0 Å². The smallest absolute Gasteiger partial charge is 0.119 e. The molecule has 0 atom stereocenters. The molecule has 1 aromatic heterocycles. The SMILES string of the molecule is COc1ccc(-n2cc(-c3ccc(N4CCSCC4)cc3)cn2)cc1. The topological polar surface area (TPSA) is 30.3 Å². The van der Waals surface area contributed by atoms with Gasteiger partial charge in [0, 0.05) is 42.0 Å². The van der Waals surface area contributed by atoms with Crippen molar-refractivity contribution in [2.24, 2.45) is 0 Å². The highest BCUT2D eigenvalue weighted by molar-refractivity contribution is 7.99. The minimum absolute atomic E-state index is 0.850. The van der Waals surface area contributed by atoms with Crippen LogP contribution in [0, 0.1) is 0 Å². The maximum atomic E-state index is 5.21. The Balaban J connectivity index is 1.53. The molecule has 0 aliphatic carbocycles. The van der Waals surface area contributed by atoms with E-state index in [-0.39, 0.29) is 0 Å². The summed E-state index contributed by atoms with van der Waals surface area (Å²) in [5.41, 5.74) is 4.65. The first-order chi connectivity index (χ1) is 12.3. The van der Waals surface area contributed by atoms with E-state index in [1.165, 1.54) is 22.8 Å². The van der Waals surface area contributed by atoms with Crippen LogP contribution < -0.4 is 9.64 Å². The summed E-state index contributed by atoms with van der Waals surface area (Å²) >= 11 is 2.04. The highest BCUT2D eigenvalue weighted by Crippen LogP contribution is 2.25. The first-order valence-corrected chi connectivity index (χ1v) is 9.61. The Morgan fingerprint density at radius 2 is 1.56 bits per heavy atom. The van der Waals surface area contributed by atoms with Crippen LogP contribution in [-0.2, 0) is 0 Å². The van der Waals surface area contributed by atoms with Crippen molar-refractivity contribution in [2.45, 2.75) is 0 Å². The highest BCUT2D eigenvalue weighted by Gasteiger charge is 2.11. The molecule has 0 saturated carbocycles. The summed E-state index contributed by atoms with van der Waals surface area (Å²) in [6, 6.07) is 16.7. The van der Waals surface area contributed by atoms with Gasteiger partial charge in [-0.05, 0) is 42.0 Å². The van der Waals surface area contributed by atoms with Gasteiger partial charge in [0.05, 0.1) is 19.0 Å². The largest absolute Gasteiger partial charge is 0.497 e. The Morgan fingerprint density at radius 1 is 0.880 bits per heavy atom. The standard InChI is InChI=1S/C20H21N3OS/c1-24-20-8-6-19(7-9-20)23-15-17(14-21-23)16-2-4-18(5-3-16)22-10-12-25-13-11-22/h2-9,14-15H,10-13H2,1H3. The van der Waals surface area contributed by atoms with Gasteiger partial charge in [-0.2, -0.15) is 16.9 Å². The second-order valence-corrected chi connectivity index (χ2v) is 7.24. The molecule has 3 aromatic rings. The van der Waals surface area contributed by atoms with E-state index in [9.17, 15) is 0 Å². The molecule has 0 N–H and O–H groups in total. The molecule has 1 aliphatic rings. The molecular formula is C20H21N3OS.